The lowest BCUT2D eigenvalue weighted by Crippen LogP contribution is -2.19. The van der Waals surface area contributed by atoms with Gasteiger partial charge in [-0.1, -0.05) is 47.1 Å². The third-order valence-corrected chi connectivity index (χ3v) is 5.33. The molecule has 0 aromatic heterocycles. The minimum absolute atomic E-state index is 0.413. The highest BCUT2D eigenvalue weighted by Gasteiger charge is 2.20. The van der Waals surface area contributed by atoms with Gasteiger partial charge < -0.3 is 5.32 Å². The Morgan fingerprint density at radius 1 is 1.25 bits per heavy atom. The van der Waals surface area contributed by atoms with Crippen molar-refractivity contribution in [3.05, 3.63) is 63.6 Å². The van der Waals surface area contributed by atoms with Crippen LogP contribution in [-0.2, 0) is 12.2 Å². The second-order valence-corrected chi connectivity index (χ2v) is 7.01. The van der Waals surface area contributed by atoms with Crippen LogP contribution in [0.25, 0.3) is 0 Å². The second-order valence-electron chi connectivity index (χ2n) is 5.07. The summed E-state index contributed by atoms with van der Waals surface area (Å²) in [5.74, 6) is 2.27. The van der Waals surface area contributed by atoms with Crippen molar-refractivity contribution in [3.8, 4) is 0 Å². The Morgan fingerprint density at radius 3 is 2.95 bits per heavy atom. The van der Waals surface area contributed by atoms with Gasteiger partial charge in [0.25, 0.3) is 0 Å². The van der Waals surface area contributed by atoms with Gasteiger partial charge >= 0.3 is 0 Å². The number of hydrogen-bond acceptors (Lipinski definition) is 2. The van der Waals surface area contributed by atoms with E-state index in [2.05, 4.69) is 70.6 Å². The highest BCUT2D eigenvalue weighted by atomic mass is 79.9. The summed E-state index contributed by atoms with van der Waals surface area (Å²) in [6, 6.07) is 15.7. The molecule has 0 fully saturated rings. The first kappa shape index (κ1) is 14.0. The van der Waals surface area contributed by atoms with E-state index >= 15 is 0 Å². The van der Waals surface area contributed by atoms with Gasteiger partial charge in [0, 0.05) is 21.7 Å². The predicted molar refractivity (Wildman–Crippen MR) is 92.5 cm³/mol. The Hall–Kier alpha value is -0.930. The van der Waals surface area contributed by atoms with E-state index in [0.717, 1.165) is 22.4 Å². The third-order valence-electron chi connectivity index (χ3n) is 3.75. The first-order valence-electron chi connectivity index (χ1n) is 6.98. The second kappa shape index (κ2) is 6.23. The van der Waals surface area contributed by atoms with E-state index in [9.17, 15) is 0 Å². The SMILES string of the molecule is CCc1cc(Br)ccc1NC1CSCc2ccccc21. The van der Waals surface area contributed by atoms with Crippen molar-refractivity contribution in [2.45, 2.75) is 25.1 Å². The number of anilines is 1. The van der Waals surface area contributed by atoms with Crippen LogP contribution >= 0.6 is 27.7 Å². The van der Waals surface area contributed by atoms with Crippen molar-refractivity contribution in [2.24, 2.45) is 0 Å². The lowest BCUT2D eigenvalue weighted by molar-refractivity contribution is 0.866. The molecule has 0 spiro atoms. The zero-order chi connectivity index (χ0) is 13.9. The molecule has 2 aromatic carbocycles. The summed E-state index contributed by atoms with van der Waals surface area (Å²) in [6.45, 7) is 2.20. The Bertz CT molecular complexity index is 612. The number of rotatable bonds is 3. The molecule has 3 heteroatoms. The van der Waals surface area contributed by atoms with Gasteiger partial charge in [-0.25, -0.2) is 0 Å². The van der Waals surface area contributed by atoms with Gasteiger partial charge in [-0.15, -0.1) is 0 Å². The van der Waals surface area contributed by atoms with Gasteiger partial charge in [-0.2, -0.15) is 11.8 Å². The normalized spacial score (nSPS) is 17.6. The summed E-state index contributed by atoms with van der Waals surface area (Å²) in [5, 5.41) is 3.74. The molecule has 0 amide bonds. The van der Waals surface area contributed by atoms with Crippen molar-refractivity contribution in [1.29, 1.82) is 0 Å². The fourth-order valence-electron chi connectivity index (χ4n) is 2.68. The topological polar surface area (TPSA) is 12.0 Å². The highest BCUT2D eigenvalue weighted by Crippen LogP contribution is 2.35. The number of benzene rings is 2. The maximum Gasteiger partial charge on any atom is 0.0607 e. The molecular formula is C17H18BrNS. The molecule has 1 aliphatic heterocycles. The van der Waals surface area contributed by atoms with E-state index in [1.807, 2.05) is 11.8 Å². The van der Waals surface area contributed by atoms with E-state index in [1.165, 1.54) is 22.4 Å². The number of aryl methyl sites for hydroxylation is 1. The van der Waals surface area contributed by atoms with E-state index in [-0.39, 0.29) is 0 Å². The third kappa shape index (κ3) is 2.89. The Labute approximate surface area is 133 Å². The monoisotopic (exact) mass is 347 g/mol. The molecule has 20 heavy (non-hydrogen) atoms. The van der Waals surface area contributed by atoms with Crippen LogP contribution in [0.4, 0.5) is 5.69 Å². The first-order valence-corrected chi connectivity index (χ1v) is 8.93. The minimum Gasteiger partial charge on any atom is -0.377 e. The first-order chi connectivity index (χ1) is 9.78. The van der Waals surface area contributed by atoms with Crippen molar-refractivity contribution in [3.63, 3.8) is 0 Å². The molecule has 1 N–H and O–H groups in total. The molecule has 0 aliphatic carbocycles. The molecule has 1 unspecified atom stereocenters. The van der Waals surface area contributed by atoms with Crippen molar-refractivity contribution in [1.82, 2.24) is 0 Å². The average Bonchev–Trinajstić information content (AvgIpc) is 2.49. The van der Waals surface area contributed by atoms with Crippen LogP contribution in [0.1, 0.15) is 29.7 Å². The number of nitrogens with one attached hydrogen (secondary N) is 1. The average molecular weight is 348 g/mol. The molecule has 1 nitrogen and oxygen atoms in total. The molecule has 3 rings (SSSR count). The van der Waals surface area contributed by atoms with Gasteiger partial charge in [0.2, 0.25) is 0 Å². The van der Waals surface area contributed by atoms with Crippen LogP contribution in [0.15, 0.2) is 46.9 Å². The van der Waals surface area contributed by atoms with Gasteiger partial charge in [-0.05, 0) is 41.3 Å². The van der Waals surface area contributed by atoms with Crippen molar-refractivity contribution < 1.29 is 0 Å². The van der Waals surface area contributed by atoms with Gasteiger partial charge in [0.05, 0.1) is 6.04 Å². The molecular weight excluding hydrogens is 330 g/mol. The molecule has 0 saturated carbocycles. The maximum atomic E-state index is 3.74. The van der Waals surface area contributed by atoms with Crippen LogP contribution in [0.3, 0.4) is 0 Å². The van der Waals surface area contributed by atoms with E-state index in [1.54, 1.807) is 0 Å². The van der Waals surface area contributed by atoms with Crippen LogP contribution in [-0.4, -0.2) is 5.75 Å². The Kier molecular flexibility index (Phi) is 4.37. The zero-order valence-corrected chi connectivity index (χ0v) is 13.9. The summed E-state index contributed by atoms with van der Waals surface area (Å²) < 4.78 is 1.15. The molecule has 1 atom stereocenters. The Balaban J connectivity index is 1.89. The molecule has 0 saturated heterocycles. The summed E-state index contributed by atoms with van der Waals surface area (Å²) in [4.78, 5) is 0. The number of thioether (sulfide) groups is 1. The van der Waals surface area contributed by atoms with E-state index in [4.69, 9.17) is 0 Å². The molecule has 1 heterocycles. The fourth-order valence-corrected chi connectivity index (χ4v) is 4.19. The van der Waals surface area contributed by atoms with Crippen LogP contribution < -0.4 is 5.32 Å². The smallest absolute Gasteiger partial charge is 0.0607 e. The minimum atomic E-state index is 0.413. The molecule has 104 valence electrons. The summed E-state index contributed by atoms with van der Waals surface area (Å²) in [5.41, 5.74) is 5.55. The van der Waals surface area contributed by atoms with E-state index < -0.39 is 0 Å². The summed E-state index contributed by atoms with van der Waals surface area (Å²) in [7, 11) is 0. The summed E-state index contributed by atoms with van der Waals surface area (Å²) in [6.07, 6.45) is 1.04. The van der Waals surface area contributed by atoms with Crippen molar-refractivity contribution in [2.75, 3.05) is 11.1 Å². The molecule has 1 aliphatic rings. The fraction of sp³-hybridized carbons (Fsp3) is 0.294. The van der Waals surface area contributed by atoms with Crippen LogP contribution in [0.5, 0.6) is 0 Å². The quantitative estimate of drug-likeness (QED) is 0.796. The number of halogens is 1. The molecule has 0 bridgehead atoms. The Morgan fingerprint density at radius 2 is 2.10 bits per heavy atom. The van der Waals surface area contributed by atoms with E-state index in [0.29, 0.717) is 6.04 Å². The predicted octanol–water partition coefficient (Wildman–Crippen LogP) is 5.41. The number of fused-ring (bicyclic) bond motifs is 1. The zero-order valence-electron chi connectivity index (χ0n) is 11.5. The lowest BCUT2D eigenvalue weighted by Gasteiger charge is -2.27. The molecule has 0 radical (unpaired) electrons. The van der Waals surface area contributed by atoms with Crippen molar-refractivity contribution >= 4 is 33.4 Å². The largest absolute Gasteiger partial charge is 0.377 e. The highest BCUT2D eigenvalue weighted by molar-refractivity contribution is 9.10. The maximum absolute atomic E-state index is 3.74. The van der Waals surface area contributed by atoms with Crippen LogP contribution in [0, 0.1) is 0 Å². The van der Waals surface area contributed by atoms with Gasteiger partial charge in [0.1, 0.15) is 0 Å². The van der Waals surface area contributed by atoms with Gasteiger partial charge in [0.15, 0.2) is 0 Å². The van der Waals surface area contributed by atoms with Gasteiger partial charge in [-0.3, -0.25) is 0 Å². The lowest BCUT2D eigenvalue weighted by atomic mass is 10.0. The summed E-state index contributed by atoms with van der Waals surface area (Å²) >= 11 is 5.57. The molecule has 2 aromatic rings. The standard InChI is InChI=1S/C17H18BrNS/c1-2-12-9-14(18)7-8-16(12)19-17-11-20-10-13-5-3-4-6-15(13)17/h3-9,17,19H,2,10-11H2,1H3. The van der Waals surface area contributed by atoms with Crippen LogP contribution in [0.2, 0.25) is 0 Å². The number of hydrogen-bond donors (Lipinski definition) is 1.